The molecule has 8 nitrogen and oxygen atoms in total. The number of rotatable bonds is 6. The van der Waals surface area contributed by atoms with E-state index in [0.717, 1.165) is 19.2 Å². The van der Waals surface area contributed by atoms with Crippen LogP contribution >= 0.6 is 0 Å². The molecule has 180 valence electrons. The van der Waals surface area contributed by atoms with Crippen molar-refractivity contribution in [2.24, 2.45) is 0 Å². The van der Waals surface area contributed by atoms with E-state index in [-0.39, 0.29) is 35.6 Å². The van der Waals surface area contributed by atoms with Crippen molar-refractivity contribution in [1.82, 2.24) is 24.6 Å². The third-order valence-corrected chi connectivity index (χ3v) is 5.64. The van der Waals surface area contributed by atoms with Gasteiger partial charge in [-0.05, 0) is 32.2 Å². The molecule has 1 aromatic carbocycles. The zero-order valence-corrected chi connectivity index (χ0v) is 18.8. The lowest BCUT2D eigenvalue weighted by Crippen LogP contribution is -2.48. The number of ketones is 1. The first-order chi connectivity index (χ1) is 16.1. The van der Waals surface area contributed by atoms with Crippen LogP contribution in [0.3, 0.4) is 0 Å². The number of aryl methyl sites for hydroxylation is 1. The number of piperazine rings is 1. The highest BCUT2D eigenvalue weighted by Gasteiger charge is 2.33. The number of aromatic nitrogens is 3. The van der Waals surface area contributed by atoms with Crippen molar-refractivity contribution in [2.75, 3.05) is 33.2 Å². The Morgan fingerprint density at radius 2 is 1.85 bits per heavy atom. The largest absolute Gasteiger partial charge is 0.573 e. The predicted molar refractivity (Wildman–Crippen MR) is 118 cm³/mol. The molecular formula is C23H24F3N5O3. The van der Waals surface area contributed by atoms with E-state index in [1.165, 1.54) is 16.8 Å². The van der Waals surface area contributed by atoms with Gasteiger partial charge in [-0.1, -0.05) is 6.07 Å². The van der Waals surface area contributed by atoms with Crippen LogP contribution in [0.2, 0.25) is 0 Å². The molecule has 1 aliphatic rings. The Balaban J connectivity index is 1.60. The van der Waals surface area contributed by atoms with Gasteiger partial charge in [0.15, 0.2) is 5.78 Å². The third kappa shape index (κ3) is 5.71. The van der Waals surface area contributed by atoms with Crippen LogP contribution < -0.4 is 4.74 Å². The molecule has 0 aliphatic carbocycles. The number of ether oxygens (including phenoxy) is 1. The Morgan fingerprint density at radius 3 is 2.53 bits per heavy atom. The summed E-state index contributed by atoms with van der Waals surface area (Å²) in [6.07, 6.45) is -3.68. The molecule has 0 radical (unpaired) electrons. The van der Waals surface area contributed by atoms with E-state index in [9.17, 15) is 22.8 Å². The summed E-state index contributed by atoms with van der Waals surface area (Å²) >= 11 is 0. The Labute approximate surface area is 193 Å². The number of Topliss-reactive ketones (excluding diaryl/α,β-unsaturated/α-hetero) is 1. The number of likely N-dealkylation sites (N-methyl/N-ethyl adjacent to an activating group) is 1. The maximum Gasteiger partial charge on any atom is 0.573 e. The minimum absolute atomic E-state index is 0.0324. The van der Waals surface area contributed by atoms with Gasteiger partial charge in [0, 0.05) is 61.5 Å². The standard InChI is InChI=1S/C23H24F3N5O3/c1-15-4-3-5-18(27-15)20(32)11-16-10-17-13-31(14-22(33)30-8-6-29(2)7-9-30)28-19(17)12-21(16)34-23(24,25)26/h3-5,10,12-13H,6-9,11,14H2,1-2H3. The van der Waals surface area contributed by atoms with Crippen LogP contribution in [-0.4, -0.2) is 75.8 Å². The van der Waals surface area contributed by atoms with E-state index in [0.29, 0.717) is 24.2 Å². The number of hydrogen-bond acceptors (Lipinski definition) is 6. The van der Waals surface area contributed by atoms with Gasteiger partial charge in [0.2, 0.25) is 5.91 Å². The normalized spacial score (nSPS) is 15.0. The van der Waals surface area contributed by atoms with Crippen molar-refractivity contribution in [3.63, 3.8) is 0 Å². The number of fused-ring (bicyclic) bond motifs is 1. The second-order valence-electron chi connectivity index (χ2n) is 8.34. The fourth-order valence-electron chi connectivity index (χ4n) is 3.85. The summed E-state index contributed by atoms with van der Waals surface area (Å²) in [5, 5.41) is 4.76. The molecule has 0 atom stereocenters. The number of carbonyl (C=O) groups excluding carboxylic acids is 2. The predicted octanol–water partition coefficient (Wildman–Crippen LogP) is 2.84. The Morgan fingerprint density at radius 1 is 1.12 bits per heavy atom. The molecule has 0 unspecified atom stereocenters. The van der Waals surface area contributed by atoms with E-state index in [1.807, 2.05) is 7.05 Å². The topological polar surface area (TPSA) is 80.6 Å². The first-order valence-corrected chi connectivity index (χ1v) is 10.8. The van der Waals surface area contributed by atoms with E-state index in [4.69, 9.17) is 0 Å². The minimum Gasteiger partial charge on any atom is -0.405 e. The van der Waals surface area contributed by atoms with Crippen LogP contribution in [0.4, 0.5) is 13.2 Å². The van der Waals surface area contributed by atoms with Gasteiger partial charge in [0.1, 0.15) is 18.0 Å². The Bertz CT molecular complexity index is 1220. The maximum atomic E-state index is 13.0. The summed E-state index contributed by atoms with van der Waals surface area (Å²) in [6, 6.07) is 7.48. The SMILES string of the molecule is Cc1cccc(C(=O)Cc2cc3cn(CC(=O)N4CCN(C)CC4)nc3cc2OC(F)(F)F)n1. The van der Waals surface area contributed by atoms with Gasteiger partial charge in [-0.2, -0.15) is 5.10 Å². The molecule has 1 fully saturated rings. The molecule has 0 bridgehead atoms. The van der Waals surface area contributed by atoms with Gasteiger partial charge in [-0.15, -0.1) is 13.2 Å². The van der Waals surface area contributed by atoms with Crippen LogP contribution in [-0.2, 0) is 17.8 Å². The van der Waals surface area contributed by atoms with Gasteiger partial charge in [-0.3, -0.25) is 19.3 Å². The molecular weight excluding hydrogens is 451 g/mol. The molecule has 1 aliphatic heterocycles. The number of halogens is 3. The van der Waals surface area contributed by atoms with Crippen molar-refractivity contribution < 1.29 is 27.5 Å². The Hall–Kier alpha value is -3.47. The van der Waals surface area contributed by atoms with E-state index in [2.05, 4.69) is 19.7 Å². The number of alkyl halides is 3. The monoisotopic (exact) mass is 475 g/mol. The fourth-order valence-corrected chi connectivity index (χ4v) is 3.85. The first kappa shape index (κ1) is 23.7. The lowest BCUT2D eigenvalue weighted by atomic mass is 10.0. The van der Waals surface area contributed by atoms with Gasteiger partial charge in [-0.25, -0.2) is 0 Å². The van der Waals surface area contributed by atoms with Crippen molar-refractivity contribution in [3.05, 3.63) is 53.5 Å². The molecule has 3 aromatic rings. The number of pyridine rings is 1. The van der Waals surface area contributed by atoms with Crippen LogP contribution in [0.5, 0.6) is 5.75 Å². The van der Waals surface area contributed by atoms with E-state index in [1.54, 1.807) is 30.2 Å². The van der Waals surface area contributed by atoms with Gasteiger partial charge >= 0.3 is 6.36 Å². The number of hydrogen-bond donors (Lipinski definition) is 0. The molecule has 4 rings (SSSR count). The van der Waals surface area contributed by atoms with Crippen molar-refractivity contribution >= 4 is 22.6 Å². The zero-order chi connectivity index (χ0) is 24.5. The van der Waals surface area contributed by atoms with Gasteiger partial charge < -0.3 is 14.5 Å². The average molecular weight is 475 g/mol. The number of benzene rings is 1. The second kappa shape index (κ2) is 9.41. The lowest BCUT2D eigenvalue weighted by Gasteiger charge is -2.32. The Kier molecular flexibility index (Phi) is 6.56. The van der Waals surface area contributed by atoms with Crippen LogP contribution in [0, 0.1) is 6.92 Å². The number of amides is 1. The second-order valence-corrected chi connectivity index (χ2v) is 8.34. The molecule has 0 saturated carbocycles. The molecule has 3 heterocycles. The summed E-state index contributed by atoms with van der Waals surface area (Å²) < 4.78 is 44.7. The zero-order valence-electron chi connectivity index (χ0n) is 18.8. The number of carbonyl (C=O) groups is 2. The average Bonchev–Trinajstić information content (AvgIpc) is 3.14. The van der Waals surface area contributed by atoms with Gasteiger partial charge in [0.05, 0.1) is 5.52 Å². The highest BCUT2D eigenvalue weighted by molar-refractivity contribution is 5.97. The molecule has 11 heteroatoms. The number of nitrogens with zero attached hydrogens (tertiary/aromatic N) is 5. The summed E-state index contributed by atoms with van der Waals surface area (Å²) in [6.45, 7) is 4.46. The quantitative estimate of drug-likeness (QED) is 0.510. The third-order valence-electron chi connectivity index (χ3n) is 5.64. The van der Waals surface area contributed by atoms with Crippen molar-refractivity contribution in [2.45, 2.75) is 26.3 Å². The van der Waals surface area contributed by atoms with Crippen molar-refractivity contribution in [1.29, 1.82) is 0 Å². The van der Waals surface area contributed by atoms with Gasteiger partial charge in [0.25, 0.3) is 0 Å². The van der Waals surface area contributed by atoms with E-state index >= 15 is 0 Å². The highest BCUT2D eigenvalue weighted by Crippen LogP contribution is 2.31. The van der Waals surface area contributed by atoms with Crippen LogP contribution in [0.25, 0.3) is 10.9 Å². The summed E-state index contributed by atoms with van der Waals surface area (Å²) in [4.78, 5) is 33.3. The molecule has 2 aromatic heterocycles. The lowest BCUT2D eigenvalue weighted by molar-refractivity contribution is -0.274. The molecule has 34 heavy (non-hydrogen) atoms. The van der Waals surface area contributed by atoms with E-state index < -0.39 is 17.9 Å². The smallest absolute Gasteiger partial charge is 0.405 e. The molecule has 0 N–H and O–H groups in total. The first-order valence-electron chi connectivity index (χ1n) is 10.8. The maximum absolute atomic E-state index is 13.0. The van der Waals surface area contributed by atoms with Crippen LogP contribution in [0.1, 0.15) is 21.7 Å². The summed E-state index contributed by atoms with van der Waals surface area (Å²) in [7, 11) is 1.99. The molecule has 0 spiro atoms. The van der Waals surface area contributed by atoms with Crippen LogP contribution in [0.15, 0.2) is 36.5 Å². The summed E-state index contributed by atoms with van der Waals surface area (Å²) in [5.41, 5.74) is 1.07. The van der Waals surface area contributed by atoms with Crippen molar-refractivity contribution in [3.8, 4) is 5.75 Å². The minimum atomic E-state index is -4.94. The molecule has 1 saturated heterocycles. The molecule has 1 amide bonds. The fraction of sp³-hybridized carbons (Fsp3) is 0.391. The highest BCUT2D eigenvalue weighted by atomic mass is 19.4. The summed E-state index contributed by atoms with van der Waals surface area (Å²) in [5.74, 6) is -1.06.